The van der Waals surface area contributed by atoms with Crippen molar-refractivity contribution < 1.29 is 14.3 Å². The van der Waals surface area contributed by atoms with Crippen LogP contribution in [0.3, 0.4) is 0 Å². The van der Waals surface area contributed by atoms with Gasteiger partial charge in [-0.15, -0.1) is 0 Å². The second-order valence-electron chi connectivity index (χ2n) is 11.8. The molecular formula is C26H40N4O3. The van der Waals surface area contributed by atoms with Crippen LogP contribution in [-0.4, -0.2) is 54.6 Å². The topological polar surface area (TPSA) is 75.7 Å². The van der Waals surface area contributed by atoms with Gasteiger partial charge < -0.3 is 25.0 Å². The highest BCUT2D eigenvalue weighted by Gasteiger charge is 2.53. The Morgan fingerprint density at radius 1 is 1.18 bits per heavy atom. The fraction of sp³-hybridized carbons (Fsp3) is 0.769. The number of aromatic nitrogens is 1. The van der Waals surface area contributed by atoms with Gasteiger partial charge in [0, 0.05) is 37.7 Å². The average molecular weight is 457 g/mol. The highest BCUT2D eigenvalue weighted by atomic mass is 16.6. The highest BCUT2D eigenvalue weighted by molar-refractivity contribution is 5.68. The van der Waals surface area contributed by atoms with Gasteiger partial charge in [0.25, 0.3) is 0 Å². The molecule has 0 aromatic carbocycles. The number of amides is 1. The molecule has 0 radical (unpaired) electrons. The molecule has 3 heterocycles. The maximum atomic E-state index is 12.0. The standard InChI is InChI=1S/C26H40N4O3/c1-17-21(7-8-23(27-17)30-10-9-22-18(16-30)6-5-11-32-22)28-19-12-26(13-19)14-20(15-26)29-24(31)33-25(2,3)4/h7-8,18-20,22,28H,5-6,9-16H2,1-4H3,(H,29,31)/t18-,19?,20?,22-,26?/m1/s1. The zero-order valence-electron chi connectivity index (χ0n) is 20.7. The minimum absolute atomic E-state index is 0.252. The van der Waals surface area contributed by atoms with Crippen molar-refractivity contribution in [3.05, 3.63) is 17.8 Å². The van der Waals surface area contributed by atoms with Gasteiger partial charge in [-0.3, -0.25) is 0 Å². The Bertz CT molecular complexity index is 869. The van der Waals surface area contributed by atoms with E-state index in [1.165, 1.54) is 12.8 Å². The Labute approximate surface area is 198 Å². The second-order valence-corrected chi connectivity index (χ2v) is 11.8. The number of ether oxygens (including phenoxy) is 2. The van der Waals surface area contributed by atoms with Crippen LogP contribution in [0.1, 0.15) is 71.4 Å². The molecule has 7 heteroatoms. The van der Waals surface area contributed by atoms with Crippen LogP contribution in [-0.2, 0) is 9.47 Å². The molecule has 0 bridgehead atoms. The molecule has 1 amide bonds. The number of hydrogen-bond donors (Lipinski definition) is 2. The molecule has 2 atom stereocenters. The van der Waals surface area contributed by atoms with Crippen molar-refractivity contribution in [1.29, 1.82) is 0 Å². The summed E-state index contributed by atoms with van der Waals surface area (Å²) in [7, 11) is 0. The summed E-state index contributed by atoms with van der Waals surface area (Å²) in [5.74, 6) is 1.75. The molecule has 5 rings (SSSR count). The zero-order valence-corrected chi connectivity index (χ0v) is 20.7. The molecule has 2 saturated heterocycles. The molecule has 7 nitrogen and oxygen atoms in total. The van der Waals surface area contributed by atoms with E-state index in [0.717, 1.165) is 69.0 Å². The van der Waals surface area contributed by atoms with Crippen LogP contribution in [0.5, 0.6) is 0 Å². The van der Waals surface area contributed by atoms with Crippen LogP contribution >= 0.6 is 0 Å². The number of carbonyl (C=O) groups excluding carboxylic acids is 1. The summed E-state index contributed by atoms with van der Waals surface area (Å²) < 4.78 is 11.3. The van der Waals surface area contributed by atoms with E-state index in [9.17, 15) is 4.79 Å². The van der Waals surface area contributed by atoms with E-state index in [-0.39, 0.29) is 12.1 Å². The van der Waals surface area contributed by atoms with Gasteiger partial charge in [-0.1, -0.05) is 0 Å². The average Bonchev–Trinajstić information content (AvgIpc) is 2.70. The van der Waals surface area contributed by atoms with Crippen molar-refractivity contribution in [2.75, 3.05) is 29.9 Å². The van der Waals surface area contributed by atoms with Gasteiger partial charge in [0.05, 0.1) is 17.5 Å². The van der Waals surface area contributed by atoms with Crippen LogP contribution in [0, 0.1) is 18.3 Å². The minimum Gasteiger partial charge on any atom is -0.444 e. The third kappa shape index (κ3) is 5.08. The molecule has 2 aliphatic heterocycles. The maximum Gasteiger partial charge on any atom is 0.407 e. The molecule has 2 aliphatic carbocycles. The number of nitrogens with one attached hydrogen (secondary N) is 2. The molecule has 1 aromatic rings. The number of hydrogen-bond acceptors (Lipinski definition) is 6. The molecule has 182 valence electrons. The van der Waals surface area contributed by atoms with Crippen molar-refractivity contribution in [1.82, 2.24) is 10.3 Å². The lowest BCUT2D eigenvalue weighted by Crippen LogP contribution is -2.59. The molecule has 4 fully saturated rings. The van der Waals surface area contributed by atoms with Crippen molar-refractivity contribution in [2.24, 2.45) is 11.3 Å². The lowest BCUT2D eigenvalue weighted by Gasteiger charge is -2.58. The third-order valence-corrected chi connectivity index (χ3v) is 7.91. The monoisotopic (exact) mass is 456 g/mol. The Morgan fingerprint density at radius 2 is 1.94 bits per heavy atom. The number of aryl methyl sites for hydroxylation is 1. The van der Waals surface area contributed by atoms with Gasteiger partial charge in [-0.05, 0) is 90.2 Å². The van der Waals surface area contributed by atoms with Crippen LogP contribution in [0.2, 0.25) is 0 Å². The molecule has 1 spiro atoms. The van der Waals surface area contributed by atoms with Gasteiger partial charge in [0.1, 0.15) is 11.4 Å². The van der Waals surface area contributed by atoms with Crippen LogP contribution < -0.4 is 15.5 Å². The number of alkyl carbamates (subject to hydrolysis) is 1. The quantitative estimate of drug-likeness (QED) is 0.687. The summed E-state index contributed by atoms with van der Waals surface area (Å²) >= 11 is 0. The predicted octanol–water partition coefficient (Wildman–Crippen LogP) is 4.64. The largest absolute Gasteiger partial charge is 0.444 e. The molecule has 4 aliphatic rings. The van der Waals surface area contributed by atoms with Crippen LogP contribution in [0.15, 0.2) is 12.1 Å². The first kappa shape index (κ1) is 22.8. The van der Waals surface area contributed by atoms with E-state index < -0.39 is 5.60 Å². The molecule has 1 aromatic heterocycles. The summed E-state index contributed by atoms with van der Waals surface area (Å²) in [6, 6.07) is 5.13. The molecular weight excluding hydrogens is 416 g/mol. The van der Waals surface area contributed by atoms with E-state index in [4.69, 9.17) is 14.5 Å². The van der Waals surface area contributed by atoms with Gasteiger partial charge in [0.2, 0.25) is 0 Å². The van der Waals surface area contributed by atoms with Crippen molar-refractivity contribution >= 4 is 17.6 Å². The fourth-order valence-corrected chi connectivity index (χ4v) is 6.37. The maximum absolute atomic E-state index is 12.0. The number of rotatable bonds is 4. The summed E-state index contributed by atoms with van der Waals surface area (Å²) in [6.07, 6.45) is 8.17. The van der Waals surface area contributed by atoms with Crippen LogP contribution in [0.25, 0.3) is 0 Å². The summed E-state index contributed by atoms with van der Waals surface area (Å²) in [5, 5.41) is 6.74. The number of piperidine rings is 1. The minimum atomic E-state index is -0.445. The fourth-order valence-electron chi connectivity index (χ4n) is 6.37. The Hall–Kier alpha value is -2.02. The highest BCUT2D eigenvalue weighted by Crippen LogP contribution is 2.56. The summed E-state index contributed by atoms with van der Waals surface area (Å²) in [4.78, 5) is 19.4. The SMILES string of the molecule is Cc1nc(N2CC[C@H]3OCCC[C@@H]3C2)ccc1NC1CC2(CC(NC(=O)OC(C)(C)C)C2)C1. The van der Waals surface area contributed by atoms with E-state index in [2.05, 4.69) is 34.6 Å². The van der Waals surface area contributed by atoms with Crippen molar-refractivity contribution in [2.45, 2.75) is 96.4 Å². The van der Waals surface area contributed by atoms with E-state index >= 15 is 0 Å². The van der Waals surface area contributed by atoms with E-state index in [0.29, 0.717) is 23.5 Å². The Kier molecular flexibility index (Phi) is 5.96. The first-order valence-corrected chi connectivity index (χ1v) is 12.8. The van der Waals surface area contributed by atoms with E-state index in [1.54, 1.807) is 0 Å². The number of fused-ring (bicyclic) bond motifs is 1. The first-order chi connectivity index (χ1) is 15.7. The van der Waals surface area contributed by atoms with E-state index in [1.807, 2.05) is 20.8 Å². The smallest absolute Gasteiger partial charge is 0.407 e. The number of nitrogens with zero attached hydrogens (tertiary/aromatic N) is 2. The van der Waals surface area contributed by atoms with Gasteiger partial charge in [-0.2, -0.15) is 0 Å². The summed E-state index contributed by atoms with van der Waals surface area (Å²) in [5.41, 5.74) is 2.18. The number of carbonyl (C=O) groups is 1. The second kappa shape index (κ2) is 8.64. The Balaban J connectivity index is 1.08. The number of anilines is 2. The van der Waals surface area contributed by atoms with Gasteiger partial charge in [-0.25, -0.2) is 9.78 Å². The molecule has 2 N–H and O–H groups in total. The predicted molar refractivity (Wildman–Crippen MR) is 130 cm³/mol. The third-order valence-electron chi connectivity index (χ3n) is 7.91. The lowest BCUT2D eigenvalue weighted by atomic mass is 9.52. The summed E-state index contributed by atoms with van der Waals surface area (Å²) in [6.45, 7) is 10.8. The first-order valence-electron chi connectivity index (χ1n) is 12.8. The van der Waals surface area contributed by atoms with Gasteiger partial charge >= 0.3 is 6.09 Å². The lowest BCUT2D eigenvalue weighted by molar-refractivity contribution is -0.0358. The van der Waals surface area contributed by atoms with Gasteiger partial charge in [0.15, 0.2) is 0 Å². The van der Waals surface area contributed by atoms with Crippen molar-refractivity contribution in [3.8, 4) is 0 Å². The van der Waals surface area contributed by atoms with Crippen molar-refractivity contribution in [3.63, 3.8) is 0 Å². The zero-order chi connectivity index (χ0) is 23.2. The molecule has 33 heavy (non-hydrogen) atoms. The molecule has 2 saturated carbocycles. The van der Waals surface area contributed by atoms with Crippen LogP contribution in [0.4, 0.5) is 16.3 Å². The molecule has 0 unspecified atom stereocenters. The number of pyridine rings is 1. The Morgan fingerprint density at radius 3 is 2.67 bits per heavy atom. The normalized spacial score (nSPS) is 33.5.